The van der Waals surface area contributed by atoms with Crippen LogP contribution in [0.15, 0.2) is 53.4 Å². The molecule has 0 bridgehead atoms. The summed E-state index contributed by atoms with van der Waals surface area (Å²) >= 11 is 0. The highest BCUT2D eigenvalue weighted by molar-refractivity contribution is 7.89. The SMILES string of the molecule is CC(C)Cc1ccc(C(NS(=O)(=O)c2cccc(C(N)=O)c2)C(C)C)cc1. The van der Waals surface area contributed by atoms with Crippen LogP contribution in [0.1, 0.15) is 55.2 Å². The Bertz CT molecular complexity index is 888. The fraction of sp³-hybridized carbons (Fsp3) is 0.381. The summed E-state index contributed by atoms with van der Waals surface area (Å²) in [6.45, 7) is 8.27. The van der Waals surface area contributed by atoms with Crippen molar-refractivity contribution in [1.82, 2.24) is 4.72 Å². The summed E-state index contributed by atoms with van der Waals surface area (Å²) in [5.41, 5.74) is 7.56. The topological polar surface area (TPSA) is 89.3 Å². The molecule has 0 saturated heterocycles. The van der Waals surface area contributed by atoms with Gasteiger partial charge < -0.3 is 5.73 Å². The van der Waals surface area contributed by atoms with Gasteiger partial charge in [0.25, 0.3) is 0 Å². The molecule has 5 nitrogen and oxygen atoms in total. The molecule has 0 aliphatic rings. The molecule has 0 fully saturated rings. The third-order valence-electron chi connectivity index (χ3n) is 4.36. The van der Waals surface area contributed by atoms with E-state index < -0.39 is 15.9 Å². The monoisotopic (exact) mass is 388 g/mol. The molecule has 27 heavy (non-hydrogen) atoms. The van der Waals surface area contributed by atoms with Gasteiger partial charge in [0.2, 0.25) is 15.9 Å². The number of rotatable bonds is 8. The standard InChI is InChI=1S/C21H28N2O3S/c1-14(2)12-16-8-10-17(11-9-16)20(15(3)4)23-27(25,26)19-7-5-6-18(13-19)21(22)24/h5-11,13-15,20,23H,12H2,1-4H3,(H2,22,24). The summed E-state index contributed by atoms with van der Waals surface area (Å²) in [4.78, 5) is 11.4. The van der Waals surface area contributed by atoms with E-state index in [1.807, 2.05) is 38.1 Å². The first-order chi connectivity index (χ1) is 12.6. The fourth-order valence-corrected chi connectivity index (χ4v) is 4.39. The molecule has 0 saturated carbocycles. The minimum absolute atomic E-state index is 0.0286. The smallest absolute Gasteiger partial charge is 0.248 e. The molecule has 0 spiro atoms. The molecule has 0 aromatic heterocycles. The third-order valence-corrected chi connectivity index (χ3v) is 5.80. The maximum atomic E-state index is 12.8. The van der Waals surface area contributed by atoms with Gasteiger partial charge in [-0.25, -0.2) is 13.1 Å². The molecular formula is C21H28N2O3S. The number of primary amides is 1. The fourth-order valence-electron chi connectivity index (χ4n) is 2.97. The van der Waals surface area contributed by atoms with Gasteiger partial charge in [0, 0.05) is 11.6 Å². The van der Waals surface area contributed by atoms with Gasteiger partial charge in [0.15, 0.2) is 0 Å². The summed E-state index contributed by atoms with van der Waals surface area (Å²) in [5.74, 6) is -0.0453. The van der Waals surface area contributed by atoms with Gasteiger partial charge in [-0.2, -0.15) is 0 Å². The van der Waals surface area contributed by atoms with Crippen LogP contribution in [0.4, 0.5) is 0 Å². The average Bonchev–Trinajstić information content (AvgIpc) is 2.60. The first-order valence-corrected chi connectivity index (χ1v) is 10.6. The Morgan fingerprint density at radius 1 is 1.04 bits per heavy atom. The van der Waals surface area contributed by atoms with E-state index in [0.29, 0.717) is 5.92 Å². The van der Waals surface area contributed by atoms with E-state index in [1.54, 1.807) is 0 Å². The third kappa shape index (κ3) is 5.65. The van der Waals surface area contributed by atoms with E-state index in [2.05, 4.69) is 18.6 Å². The number of carbonyl (C=O) groups excluding carboxylic acids is 1. The van der Waals surface area contributed by atoms with E-state index in [1.165, 1.54) is 29.8 Å². The number of sulfonamides is 1. The molecule has 6 heteroatoms. The van der Waals surface area contributed by atoms with Crippen molar-refractivity contribution < 1.29 is 13.2 Å². The lowest BCUT2D eigenvalue weighted by molar-refractivity contribution is 0.1000. The second-order valence-electron chi connectivity index (χ2n) is 7.57. The van der Waals surface area contributed by atoms with Gasteiger partial charge in [0.1, 0.15) is 0 Å². The lowest BCUT2D eigenvalue weighted by Crippen LogP contribution is -2.32. The van der Waals surface area contributed by atoms with Crippen molar-refractivity contribution in [2.75, 3.05) is 0 Å². The maximum Gasteiger partial charge on any atom is 0.248 e. The zero-order valence-corrected chi connectivity index (χ0v) is 17.1. The molecule has 2 aromatic rings. The minimum Gasteiger partial charge on any atom is -0.366 e. The van der Waals surface area contributed by atoms with Crippen LogP contribution in [-0.2, 0) is 16.4 Å². The molecule has 1 amide bonds. The van der Waals surface area contributed by atoms with Crippen LogP contribution in [0.3, 0.4) is 0 Å². The van der Waals surface area contributed by atoms with Crippen molar-refractivity contribution in [2.24, 2.45) is 17.6 Å². The van der Waals surface area contributed by atoms with Crippen LogP contribution in [0.5, 0.6) is 0 Å². The summed E-state index contributed by atoms with van der Waals surface area (Å²) in [6, 6.07) is 13.4. The van der Waals surface area contributed by atoms with Crippen molar-refractivity contribution in [3.63, 3.8) is 0 Å². The molecule has 2 aromatic carbocycles. The zero-order valence-electron chi connectivity index (χ0n) is 16.3. The molecule has 0 aliphatic heterocycles. The molecule has 1 unspecified atom stereocenters. The Morgan fingerprint density at radius 3 is 2.19 bits per heavy atom. The van der Waals surface area contributed by atoms with Gasteiger partial charge in [-0.3, -0.25) is 4.79 Å². The number of amides is 1. The first-order valence-electron chi connectivity index (χ1n) is 9.11. The minimum atomic E-state index is -3.80. The second kappa shape index (κ2) is 8.67. The van der Waals surface area contributed by atoms with Gasteiger partial charge in [-0.1, -0.05) is 58.0 Å². The van der Waals surface area contributed by atoms with Crippen LogP contribution in [0.25, 0.3) is 0 Å². The Hall–Kier alpha value is -2.18. The summed E-state index contributed by atoms with van der Waals surface area (Å²) in [6.07, 6.45) is 0.984. The zero-order chi connectivity index (χ0) is 20.2. The molecule has 0 heterocycles. The van der Waals surface area contributed by atoms with Crippen LogP contribution < -0.4 is 10.5 Å². The second-order valence-corrected chi connectivity index (χ2v) is 9.29. The molecule has 146 valence electrons. The highest BCUT2D eigenvalue weighted by atomic mass is 32.2. The van der Waals surface area contributed by atoms with E-state index in [9.17, 15) is 13.2 Å². The molecule has 3 N–H and O–H groups in total. The number of benzene rings is 2. The van der Waals surface area contributed by atoms with Crippen LogP contribution in [0, 0.1) is 11.8 Å². The van der Waals surface area contributed by atoms with Gasteiger partial charge >= 0.3 is 0 Å². The maximum absolute atomic E-state index is 12.8. The Balaban J connectivity index is 2.29. The summed E-state index contributed by atoms with van der Waals surface area (Å²) in [5, 5.41) is 0. The number of nitrogens with one attached hydrogen (secondary N) is 1. The van der Waals surface area contributed by atoms with Crippen LogP contribution in [0.2, 0.25) is 0 Å². The van der Waals surface area contributed by atoms with Crippen LogP contribution in [-0.4, -0.2) is 14.3 Å². The highest BCUT2D eigenvalue weighted by Gasteiger charge is 2.24. The summed E-state index contributed by atoms with van der Waals surface area (Å²) in [7, 11) is -3.80. The highest BCUT2D eigenvalue weighted by Crippen LogP contribution is 2.25. The number of nitrogens with two attached hydrogens (primary N) is 1. The lowest BCUT2D eigenvalue weighted by Gasteiger charge is -2.23. The largest absolute Gasteiger partial charge is 0.366 e. The predicted octanol–water partition coefficient (Wildman–Crippen LogP) is 3.66. The Kier molecular flexibility index (Phi) is 6.78. The number of hydrogen-bond acceptors (Lipinski definition) is 3. The van der Waals surface area contributed by atoms with Crippen molar-refractivity contribution in [2.45, 2.75) is 45.1 Å². The van der Waals surface area contributed by atoms with E-state index in [4.69, 9.17) is 5.73 Å². The summed E-state index contributed by atoms with van der Waals surface area (Å²) < 4.78 is 28.5. The van der Waals surface area contributed by atoms with Crippen molar-refractivity contribution in [1.29, 1.82) is 0 Å². The molecule has 2 rings (SSSR count). The van der Waals surface area contributed by atoms with Crippen LogP contribution >= 0.6 is 0 Å². The van der Waals surface area contributed by atoms with E-state index in [-0.39, 0.29) is 22.4 Å². The number of hydrogen-bond donors (Lipinski definition) is 2. The van der Waals surface area contributed by atoms with Gasteiger partial charge in [0.05, 0.1) is 4.90 Å². The van der Waals surface area contributed by atoms with E-state index >= 15 is 0 Å². The number of carbonyl (C=O) groups is 1. The molecular weight excluding hydrogens is 360 g/mol. The predicted molar refractivity (Wildman–Crippen MR) is 108 cm³/mol. The van der Waals surface area contributed by atoms with E-state index in [0.717, 1.165) is 12.0 Å². The quantitative estimate of drug-likeness (QED) is 0.723. The Labute approximate surface area is 162 Å². The molecule has 1 atom stereocenters. The van der Waals surface area contributed by atoms with Crippen molar-refractivity contribution >= 4 is 15.9 Å². The lowest BCUT2D eigenvalue weighted by atomic mass is 9.94. The van der Waals surface area contributed by atoms with Crippen molar-refractivity contribution in [3.05, 3.63) is 65.2 Å². The Morgan fingerprint density at radius 2 is 1.67 bits per heavy atom. The van der Waals surface area contributed by atoms with Gasteiger partial charge in [-0.05, 0) is 47.6 Å². The normalized spacial score (nSPS) is 13.1. The van der Waals surface area contributed by atoms with Crippen molar-refractivity contribution in [3.8, 4) is 0 Å². The van der Waals surface area contributed by atoms with Gasteiger partial charge in [-0.15, -0.1) is 0 Å². The first kappa shape index (κ1) is 21.1. The molecule has 0 radical (unpaired) electrons. The molecule has 0 aliphatic carbocycles. The average molecular weight is 389 g/mol.